The van der Waals surface area contributed by atoms with Gasteiger partial charge in [0.2, 0.25) is 5.91 Å². The molecule has 0 atom stereocenters. The quantitative estimate of drug-likeness (QED) is 0.407. The second-order valence-electron chi connectivity index (χ2n) is 8.67. The van der Waals surface area contributed by atoms with Gasteiger partial charge in [-0.2, -0.15) is 0 Å². The summed E-state index contributed by atoms with van der Waals surface area (Å²) in [6.07, 6.45) is 4.22. The fourth-order valence-corrected chi connectivity index (χ4v) is 4.84. The van der Waals surface area contributed by atoms with Gasteiger partial charge in [0.05, 0.1) is 13.7 Å². The van der Waals surface area contributed by atoms with Gasteiger partial charge in [-0.1, -0.05) is 48.5 Å². The second kappa shape index (κ2) is 9.51. The predicted octanol–water partition coefficient (Wildman–Crippen LogP) is 5.66. The zero-order valence-corrected chi connectivity index (χ0v) is 18.9. The van der Waals surface area contributed by atoms with Crippen LogP contribution in [-0.2, 0) is 4.79 Å². The second-order valence-corrected chi connectivity index (χ2v) is 8.67. The van der Waals surface area contributed by atoms with E-state index in [1.54, 1.807) is 7.11 Å². The van der Waals surface area contributed by atoms with Gasteiger partial charge in [-0.05, 0) is 67.2 Å². The third kappa shape index (κ3) is 4.64. The van der Waals surface area contributed by atoms with E-state index >= 15 is 0 Å². The Morgan fingerprint density at radius 2 is 1.79 bits per heavy atom. The molecular weight excluding hydrogens is 410 g/mol. The van der Waals surface area contributed by atoms with E-state index in [4.69, 9.17) is 4.74 Å². The minimum Gasteiger partial charge on any atom is -0.497 e. The van der Waals surface area contributed by atoms with Crippen molar-refractivity contribution in [3.05, 3.63) is 84.6 Å². The van der Waals surface area contributed by atoms with Gasteiger partial charge >= 0.3 is 0 Å². The third-order valence-electron chi connectivity index (χ3n) is 6.60. The summed E-state index contributed by atoms with van der Waals surface area (Å²) in [6.45, 7) is 2.24. The number of carbonyl (C=O) groups is 1. The van der Waals surface area contributed by atoms with E-state index < -0.39 is 0 Å². The normalized spacial score (nSPS) is 14.9. The van der Waals surface area contributed by atoms with Gasteiger partial charge < -0.3 is 15.0 Å². The third-order valence-corrected chi connectivity index (χ3v) is 6.60. The van der Waals surface area contributed by atoms with Crippen LogP contribution >= 0.6 is 0 Å². The number of aromatic amines is 1. The molecule has 4 aromatic rings. The number of fused-ring (bicyclic) bond motifs is 1. The molecule has 2 N–H and O–H groups in total. The molecule has 1 saturated heterocycles. The van der Waals surface area contributed by atoms with Crippen LogP contribution in [0.2, 0.25) is 0 Å². The van der Waals surface area contributed by atoms with Crippen LogP contribution < -0.4 is 10.1 Å². The Kier molecular flexibility index (Phi) is 6.13. The van der Waals surface area contributed by atoms with Crippen LogP contribution in [0.15, 0.2) is 79.0 Å². The number of nitrogens with zero attached hydrogens (tertiary/aromatic N) is 1. The monoisotopic (exact) mass is 439 g/mol. The summed E-state index contributed by atoms with van der Waals surface area (Å²) in [7, 11) is 1.70. The van der Waals surface area contributed by atoms with E-state index in [9.17, 15) is 4.79 Å². The Morgan fingerprint density at radius 1 is 1.03 bits per heavy atom. The van der Waals surface area contributed by atoms with Crippen molar-refractivity contribution < 1.29 is 9.53 Å². The molecule has 33 heavy (non-hydrogen) atoms. The van der Waals surface area contributed by atoms with Crippen molar-refractivity contribution in [1.82, 2.24) is 9.88 Å². The molecule has 0 saturated carbocycles. The van der Waals surface area contributed by atoms with Crippen LogP contribution in [0.25, 0.3) is 22.0 Å². The number of likely N-dealkylation sites (tertiary alicyclic amines) is 1. The van der Waals surface area contributed by atoms with E-state index in [2.05, 4.69) is 45.7 Å². The first-order valence-corrected chi connectivity index (χ1v) is 11.5. The molecule has 5 rings (SSSR count). The Balaban J connectivity index is 1.21. The summed E-state index contributed by atoms with van der Waals surface area (Å²) >= 11 is 0. The predicted molar refractivity (Wildman–Crippen MR) is 134 cm³/mol. The maximum absolute atomic E-state index is 12.8. The van der Waals surface area contributed by atoms with Gasteiger partial charge in [0, 0.05) is 28.4 Å². The molecule has 5 nitrogen and oxygen atoms in total. The summed E-state index contributed by atoms with van der Waals surface area (Å²) in [6, 6.07) is 24.3. The lowest BCUT2D eigenvalue weighted by molar-refractivity contribution is -0.117. The van der Waals surface area contributed by atoms with Gasteiger partial charge in [0.1, 0.15) is 5.75 Å². The Bertz CT molecular complexity index is 1240. The number of aromatic nitrogens is 1. The molecule has 0 spiro atoms. The number of anilines is 1. The van der Waals surface area contributed by atoms with E-state index in [1.165, 1.54) is 10.9 Å². The van der Waals surface area contributed by atoms with Crippen LogP contribution in [0.3, 0.4) is 0 Å². The van der Waals surface area contributed by atoms with E-state index in [0.717, 1.165) is 54.0 Å². The van der Waals surface area contributed by atoms with Gasteiger partial charge in [-0.3, -0.25) is 9.69 Å². The summed E-state index contributed by atoms with van der Waals surface area (Å²) in [5.41, 5.74) is 5.50. The average molecular weight is 440 g/mol. The first kappa shape index (κ1) is 21.3. The van der Waals surface area contributed by atoms with Gasteiger partial charge in [0.25, 0.3) is 0 Å². The molecule has 168 valence electrons. The van der Waals surface area contributed by atoms with Crippen molar-refractivity contribution in [2.24, 2.45) is 0 Å². The molecule has 0 radical (unpaired) electrons. The number of H-pyrrole nitrogens is 1. The highest BCUT2D eigenvalue weighted by Crippen LogP contribution is 2.35. The van der Waals surface area contributed by atoms with E-state index in [1.807, 2.05) is 48.5 Å². The van der Waals surface area contributed by atoms with Crippen molar-refractivity contribution in [2.75, 3.05) is 32.1 Å². The first-order valence-electron chi connectivity index (χ1n) is 11.5. The Hall–Kier alpha value is -3.57. The highest BCUT2D eigenvalue weighted by Gasteiger charge is 2.24. The van der Waals surface area contributed by atoms with Gasteiger partial charge in [0.15, 0.2) is 0 Å². The molecule has 0 unspecified atom stereocenters. The van der Waals surface area contributed by atoms with Crippen molar-refractivity contribution in [3.63, 3.8) is 0 Å². The minimum atomic E-state index is 0.0358. The number of methoxy groups -OCH3 is 1. The number of rotatable bonds is 6. The van der Waals surface area contributed by atoms with E-state index in [-0.39, 0.29) is 5.91 Å². The lowest BCUT2D eigenvalue weighted by Gasteiger charge is -2.31. The molecule has 3 aromatic carbocycles. The molecule has 1 aromatic heterocycles. The van der Waals surface area contributed by atoms with Crippen molar-refractivity contribution in [2.45, 2.75) is 18.8 Å². The van der Waals surface area contributed by atoms with Crippen molar-refractivity contribution >= 4 is 22.5 Å². The zero-order valence-electron chi connectivity index (χ0n) is 18.9. The maximum atomic E-state index is 12.8. The highest BCUT2D eigenvalue weighted by atomic mass is 16.5. The lowest BCUT2D eigenvalue weighted by atomic mass is 9.89. The standard InChI is InChI=1S/C28H29N3O2/c1-33-22-11-12-26-24(17-22)25(18-29-26)21-13-15-31(16-14-21)19-28(32)30-27-10-6-5-9-23(27)20-7-3-2-4-8-20/h2-12,17-18,21,29H,13-16,19H2,1H3,(H,30,32). The lowest BCUT2D eigenvalue weighted by Crippen LogP contribution is -2.38. The molecule has 1 aliphatic rings. The molecule has 0 bridgehead atoms. The molecule has 1 aliphatic heterocycles. The number of amides is 1. The largest absolute Gasteiger partial charge is 0.497 e. The van der Waals surface area contributed by atoms with Crippen LogP contribution in [0.1, 0.15) is 24.3 Å². The van der Waals surface area contributed by atoms with Crippen LogP contribution in [0.5, 0.6) is 5.75 Å². The fraction of sp³-hybridized carbons (Fsp3) is 0.250. The molecule has 5 heteroatoms. The first-order chi connectivity index (χ1) is 16.2. The van der Waals surface area contributed by atoms with Crippen LogP contribution in [0, 0.1) is 0 Å². The number of carbonyl (C=O) groups excluding carboxylic acids is 1. The average Bonchev–Trinajstić information content (AvgIpc) is 3.28. The van der Waals surface area contributed by atoms with Crippen LogP contribution in [-0.4, -0.2) is 42.5 Å². The Labute approximate surface area is 194 Å². The summed E-state index contributed by atoms with van der Waals surface area (Å²) in [5.74, 6) is 1.41. The van der Waals surface area contributed by atoms with Gasteiger partial charge in [-0.25, -0.2) is 0 Å². The SMILES string of the molecule is COc1ccc2[nH]cc(C3CCN(CC(=O)Nc4ccccc4-c4ccccc4)CC3)c2c1. The Morgan fingerprint density at radius 3 is 2.58 bits per heavy atom. The number of hydrogen-bond acceptors (Lipinski definition) is 3. The maximum Gasteiger partial charge on any atom is 0.238 e. The number of ether oxygens (including phenoxy) is 1. The van der Waals surface area contributed by atoms with Gasteiger partial charge in [-0.15, -0.1) is 0 Å². The summed E-state index contributed by atoms with van der Waals surface area (Å²) in [5, 5.41) is 4.37. The van der Waals surface area contributed by atoms with E-state index in [0.29, 0.717) is 12.5 Å². The smallest absolute Gasteiger partial charge is 0.238 e. The number of nitrogens with one attached hydrogen (secondary N) is 2. The van der Waals surface area contributed by atoms with Crippen LogP contribution in [0.4, 0.5) is 5.69 Å². The van der Waals surface area contributed by atoms with Crippen molar-refractivity contribution in [3.8, 4) is 16.9 Å². The molecule has 1 amide bonds. The molecule has 0 aliphatic carbocycles. The number of para-hydroxylation sites is 1. The topological polar surface area (TPSA) is 57.4 Å². The van der Waals surface area contributed by atoms with Crippen molar-refractivity contribution in [1.29, 1.82) is 0 Å². The molecule has 1 fully saturated rings. The minimum absolute atomic E-state index is 0.0358. The zero-order chi connectivity index (χ0) is 22.6. The summed E-state index contributed by atoms with van der Waals surface area (Å²) < 4.78 is 5.41. The highest BCUT2D eigenvalue weighted by molar-refractivity contribution is 5.96. The molecular formula is C28H29N3O2. The number of benzene rings is 3. The molecule has 2 heterocycles. The number of piperidine rings is 1. The summed E-state index contributed by atoms with van der Waals surface area (Å²) in [4.78, 5) is 18.5. The fourth-order valence-electron chi connectivity index (χ4n) is 4.84. The number of hydrogen-bond donors (Lipinski definition) is 2.